The predicted octanol–water partition coefficient (Wildman–Crippen LogP) is 1.41. The molecule has 1 amide bonds. The van der Waals surface area contributed by atoms with Gasteiger partial charge in [0.1, 0.15) is 0 Å². The SMILES string of the molecule is CCCCCC(=O)N(C)O. The molecule has 10 heavy (non-hydrogen) atoms. The average molecular weight is 145 g/mol. The Labute approximate surface area is 61.6 Å². The van der Waals surface area contributed by atoms with Gasteiger partial charge in [0.2, 0.25) is 5.91 Å². The first-order valence-corrected chi connectivity index (χ1v) is 3.64. The van der Waals surface area contributed by atoms with Crippen LogP contribution in [0.25, 0.3) is 0 Å². The molecule has 0 radical (unpaired) electrons. The Hall–Kier alpha value is -0.570. The van der Waals surface area contributed by atoms with Crippen LogP contribution in [0.5, 0.6) is 0 Å². The molecule has 0 aliphatic carbocycles. The van der Waals surface area contributed by atoms with Gasteiger partial charge in [-0.05, 0) is 6.42 Å². The topological polar surface area (TPSA) is 40.5 Å². The lowest BCUT2D eigenvalue weighted by molar-refractivity contribution is -0.159. The van der Waals surface area contributed by atoms with Crippen LogP contribution < -0.4 is 0 Å². The quantitative estimate of drug-likeness (QED) is 0.369. The lowest BCUT2D eigenvalue weighted by Gasteiger charge is -2.06. The minimum absolute atomic E-state index is 0.201. The van der Waals surface area contributed by atoms with Gasteiger partial charge in [0, 0.05) is 13.5 Å². The number of hydrogen-bond donors (Lipinski definition) is 1. The zero-order valence-corrected chi connectivity index (χ0v) is 6.63. The zero-order valence-electron chi connectivity index (χ0n) is 6.63. The predicted molar refractivity (Wildman–Crippen MR) is 38.7 cm³/mol. The van der Waals surface area contributed by atoms with E-state index in [-0.39, 0.29) is 5.91 Å². The van der Waals surface area contributed by atoms with Crippen LogP contribution in [0.3, 0.4) is 0 Å². The molecule has 0 saturated heterocycles. The molecule has 1 N–H and O–H groups in total. The summed E-state index contributed by atoms with van der Waals surface area (Å²) in [6.07, 6.45) is 3.49. The lowest BCUT2D eigenvalue weighted by Crippen LogP contribution is -2.21. The van der Waals surface area contributed by atoms with Gasteiger partial charge < -0.3 is 0 Å². The van der Waals surface area contributed by atoms with E-state index in [1.165, 1.54) is 7.05 Å². The minimum atomic E-state index is -0.201. The van der Waals surface area contributed by atoms with Crippen LogP contribution in [0.2, 0.25) is 0 Å². The number of rotatable bonds is 4. The van der Waals surface area contributed by atoms with Crippen molar-refractivity contribution in [3.63, 3.8) is 0 Å². The summed E-state index contributed by atoms with van der Waals surface area (Å²) in [6.45, 7) is 2.08. The van der Waals surface area contributed by atoms with Crippen molar-refractivity contribution in [2.24, 2.45) is 0 Å². The molecular weight excluding hydrogens is 130 g/mol. The second-order valence-electron chi connectivity index (χ2n) is 2.37. The summed E-state index contributed by atoms with van der Waals surface area (Å²) < 4.78 is 0. The number of amides is 1. The molecule has 0 bridgehead atoms. The highest BCUT2D eigenvalue weighted by Crippen LogP contribution is 1.99. The molecule has 3 nitrogen and oxygen atoms in total. The normalized spacial score (nSPS) is 9.50. The molecule has 3 heteroatoms. The Morgan fingerprint density at radius 2 is 2.10 bits per heavy atom. The molecule has 0 aromatic heterocycles. The van der Waals surface area contributed by atoms with Gasteiger partial charge in [0.25, 0.3) is 0 Å². The third-order valence-corrected chi connectivity index (χ3v) is 1.36. The van der Waals surface area contributed by atoms with Gasteiger partial charge in [-0.15, -0.1) is 0 Å². The van der Waals surface area contributed by atoms with Crippen molar-refractivity contribution in [1.82, 2.24) is 5.06 Å². The fourth-order valence-corrected chi connectivity index (χ4v) is 0.688. The molecule has 0 unspecified atom stereocenters. The smallest absolute Gasteiger partial charge is 0.245 e. The first kappa shape index (κ1) is 9.43. The second kappa shape index (κ2) is 5.23. The highest BCUT2D eigenvalue weighted by atomic mass is 16.5. The van der Waals surface area contributed by atoms with E-state index in [1.807, 2.05) is 0 Å². The summed E-state index contributed by atoms with van der Waals surface area (Å²) >= 11 is 0. The standard InChI is InChI=1S/C7H15NO2/c1-3-4-5-6-7(9)8(2)10/h10H,3-6H2,1-2H3. The van der Waals surface area contributed by atoms with Crippen molar-refractivity contribution in [1.29, 1.82) is 0 Å². The summed E-state index contributed by atoms with van der Waals surface area (Å²) in [5.41, 5.74) is 0. The number of carbonyl (C=O) groups excluding carboxylic acids is 1. The van der Waals surface area contributed by atoms with Crippen molar-refractivity contribution in [2.75, 3.05) is 7.05 Å². The molecule has 0 aliphatic rings. The fraction of sp³-hybridized carbons (Fsp3) is 0.857. The van der Waals surface area contributed by atoms with Gasteiger partial charge in [-0.25, -0.2) is 5.06 Å². The van der Waals surface area contributed by atoms with E-state index < -0.39 is 0 Å². The fourth-order valence-electron chi connectivity index (χ4n) is 0.688. The number of nitrogens with zero attached hydrogens (tertiary/aromatic N) is 1. The molecule has 0 rings (SSSR count). The van der Waals surface area contributed by atoms with E-state index in [4.69, 9.17) is 5.21 Å². The maximum Gasteiger partial charge on any atom is 0.245 e. The van der Waals surface area contributed by atoms with Crippen LogP contribution in [-0.2, 0) is 4.79 Å². The van der Waals surface area contributed by atoms with E-state index in [9.17, 15) is 4.79 Å². The molecular formula is C7H15NO2. The van der Waals surface area contributed by atoms with Gasteiger partial charge in [-0.1, -0.05) is 19.8 Å². The monoisotopic (exact) mass is 145 g/mol. The van der Waals surface area contributed by atoms with Crippen LogP contribution in [0, 0.1) is 0 Å². The maximum absolute atomic E-state index is 10.7. The Kier molecular flexibility index (Phi) is 4.94. The van der Waals surface area contributed by atoms with Crippen molar-refractivity contribution in [3.05, 3.63) is 0 Å². The van der Waals surface area contributed by atoms with Crippen molar-refractivity contribution in [2.45, 2.75) is 32.6 Å². The summed E-state index contributed by atoms with van der Waals surface area (Å²) in [5.74, 6) is -0.201. The summed E-state index contributed by atoms with van der Waals surface area (Å²) in [4.78, 5) is 10.7. The van der Waals surface area contributed by atoms with Crippen LogP contribution in [0.1, 0.15) is 32.6 Å². The van der Waals surface area contributed by atoms with E-state index in [1.54, 1.807) is 0 Å². The van der Waals surface area contributed by atoms with Crippen LogP contribution >= 0.6 is 0 Å². The van der Waals surface area contributed by atoms with Crippen LogP contribution in [0.4, 0.5) is 0 Å². The molecule has 0 fully saturated rings. The van der Waals surface area contributed by atoms with Gasteiger partial charge in [0.05, 0.1) is 0 Å². The van der Waals surface area contributed by atoms with Crippen molar-refractivity contribution < 1.29 is 10.0 Å². The van der Waals surface area contributed by atoms with E-state index in [0.717, 1.165) is 19.3 Å². The first-order chi connectivity index (χ1) is 4.68. The van der Waals surface area contributed by atoms with Gasteiger partial charge in [-0.2, -0.15) is 0 Å². The van der Waals surface area contributed by atoms with E-state index >= 15 is 0 Å². The molecule has 60 valence electrons. The number of hydroxylamine groups is 2. The molecule has 0 aliphatic heterocycles. The Morgan fingerprint density at radius 3 is 2.50 bits per heavy atom. The third-order valence-electron chi connectivity index (χ3n) is 1.36. The number of unbranched alkanes of at least 4 members (excludes halogenated alkanes) is 2. The molecule has 0 atom stereocenters. The molecule has 0 spiro atoms. The number of carbonyl (C=O) groups is 1. The summed E-state index contributed by atoms with van der Waals surface area (Å²) in [5, 5.41) is 9.25. The second-order valence-corrected chi connectivity index (χ2v) is 2.37. The van der Waals surface area contributed by atoms with Crippen LogP contribution in [0.15, 0.2) is 0 Å². The third kappa shape index (κ3) is 4.32. The minimum Gasteiger partial charge on any atom is -0.286 e. The summed E-state index contributed by atoms with van der Waals surface area (Å²) in [7, 11) is 1.36. The highest BCUT2D eigenvalue weighted by Gasteiger charge is 2.02. The van der Waals surface area contributed by atoms with Crippen molar-refractivity contribution >= 4 is 5.91 Å². The van der Waals surface area contributed by atoms with Crippen LogP contribution in [-0.4, -0.2) is 23.2 Å². The molecule has 0 saturated carbocycles. The molecule has 0 aromatic rings. The summed E-state index contributed by atoms with van der Waals surface area (Å²) in [6, 6.07) is 0. The van der Waals surface area contributed by atoms with Gasteiger partial charge in [0.15, 0.2) is 0 Å². The Balaban J connectivity index is 3.22. The van der Waals surface area contributed by atoms with E-state index in [2.05, 4.69) is 6.92 Å². The van der Waals surface area contributed by atoms with Gasteiger partial charge in [-0.3, -0.25) is 10.0 Å². The zero-order chi connectivity index (χ0) is 7.98. The lowest BCUT2D eigenvalue weighted by atomic mass is 10.2. The Bertz CT molecular complexity index is 102. The first-order valence-electron chi connectivity index (χ1n) is 3.64. The molecule has 0 heterocycles. The average Bonchev–Trinajstić information content (AvgIpc) is 1.88. The molecule has 0 aromatic carbocycles. The Morgan fingerprint density at radius 1 is 1.50 bits per heavy atom. The van der Waals surface area contributed by atoms with Crippen molar-refractivity contribution in [3.8, 4) is 0 Å². The van der Waals surface area contributed by atoms with Gasteiger partial charge >= 0.3 is 0 Å². The maximum atomic E-state index is 10.7. The van der Waals surface area contributed by atoms with E-state index in [0.29, 0.717) is 11.5 Å². The number of hydrogen-bond acceptors (Lipinski definition) is 2. The largest absolute Gasteiger partial charge is 0.286 e. The highest BCUT2D eigenvalue weighted by molar-refractivity contribution is 5.74.